The Kier molecular flexibility index (Phi) is 5.33. The number of hydrogen-bond acceptors (Lipinski definition) is 4. The Bertz CT molecular complexity index is 394. The van der Waals surface area contributed by atoms with Crippen molar-refractivity contribution in [3.63, 3.8) is 0 Å². The molecule has 0 aromatic carbocycles. The molecule has 0 radical (unpaired) electrons. The zero-order valence-corrected chi connectivity index (χ0v) is 11.5. The number of ether oxygens (including phenoxy) is 1. The van der Waals surface area contributed by atoms with Crippen LogP contribution in [0.5, 0.6) is 0 Å². The van der Waals surface area contributed by atoms with Crippen LogP contribution >= 0.6 is 0 Å². The first kappa shape index (κ1) is 14.0. The molecule has 0 aliphatic carbocycles. The van der Waals surface area contributed by atoms with E-state index in [1.807, 2.05) is 19.2 Å². The minimum absolute atomic E-state index is 0.0337. The number of nitrogens with zero attached hydrogens (tertiary/aromatic N) is 2. The molecule has 1 atom stereocenters. The highest BCUT2D eigenvalue weighted by molar-refractivity contribution is 5.72. The molecule has 4 heteroatoms. The number of esters is 1. The second-order valence-electron chi connectivity index (χ2n) is 5.00. The van der Waals surface area contributed by atoms with Crippen molar-refractivity contribution in [2.45, 2.75) is 26.2 Å². The smallest absolute Gasteiger partial charge is 0.310 e. The lowest BCUT2D eigenvalue weighted by Crippen LogP contribution is -2.40. The van der Waals surface area contributed by atoms with Gasteiger partial charge in [-0.1, -0.05) is 6.07 Å². The van der Waals surface area contributed by atoms with Gasteiger partial charge in [0.1, 0.15) is 0 Å². The molecule has 104 valence electrons. The first-order chi connectivity index (χ1) is 9.29. The molecule has 1 aliphatic rings. The molecule has 1 aromatic rings. The lowest BCUT2D eigenvalue weighted by molar-refractivity contribution is -0.149. The standard InChI is InChI=1S/C15H22N2O2/c1-2-19-15(18)14-6-4-9-17(12-14)10-7-13-5-3-8-16-11-13/h3,5,8,11,14H,2,4,6-7,9-10,12H2,1H3/t14-/m1/s1. The van der Waals surface area contributed by atoms with Crippen molar-refractivity contribution < 1.29 is 9.53 Å². The quantitative estimate of drug-likeness (QED) is 0.760. The van der Waals surface area contributed by atoms with Gasteiger partial charge in [0, 0.05) is 25.5 Å². The molecule has 19 heavy (non-hydrogen) atoms. The van der Waals surface area contributed by atoms with Gasteiger partial charge in [-0.15, -0.1) is 0 Å². The van der Waals surface area contributed by atoms with E-state index in [2.05, 4.69) is 16.0 Å². The topological polar surface area (TPSA) is 42.4 Å². The predicted octanol–water partition coefficient (Wildman–Crippen LogP) is 1.90. The van der Waals surface area contributed by atoms with Crippen molar-refractivity contribution in [3.05, 3.63) is 30.1 Å². The van der Waals surface area contributed by atoms with Gasteiger partial charge in [-0.3, -0.25) is 9.78 Å². The Labute approximate surface area is 114 Å². The summed E-state index contributed by atoms with van der Waals surface area (Å²) < 4.78 is 5.12. The van der Waals surface area contributed by atoms with Crippen molar-refractivity contribution >= 4 is 5.97 Å². The molecule has 0 bridgehead atoms. The van der Waals surface area contributed by atoms with Gasteiger partial charge in [0.15, 0.2) is 0 Å². The highest BCUT2D eigenvalue weighted by atomic mass is 16.5. The van der Waals surface area contributed by atoms with Gasteiger partial charge >= 0.3 is 5.97 Å². The van der Waals surface area contributed by atoms with Crippen molar-refractivity contribution in [2.75, 3.05) is 26.2 Å². The Morgan fingerprint density at radius 3 is 3.21 bits per heavy atom. The minimum Gasteiger partial charge on any atom is -0.466 e. The van der Waals surface area contributed by atoms with E-state index < -0.39 is 0 Å². The molecule has 1 aliphatic heterocycles. The molecule has 0 amide bonds. The summed E-state index contributed by atoms with van der Waals surface area (Å²) in [6.45, 7) is 5.24. The van der Waals surface area contributed by atoms with Crippen LogP contribution in [0.25, 0.3) is 0 Å². The summed E-state index contributed by atoms with van der Waals surface area (Å²) in [5.74, 6) is 0.0242. The van der Waals surface area contributed by atoms with E-state index in [1.54, 1.807) is 6.20 Å². The van der Waals surface area contributed by atoms with Crippen LogP contribution in [0.2, 0.25) is 0 Å². The van der Waals surface area contributed by atoms with Gasteiger partial charge in [-0.05, 0) is 44.4 Å². The molecule has 4 nitrogen and oxygen atoms in total. The summed E-state index contributed by atoms with van der Waals surface area (Å²) in [6, 6.07) is 4.06. The summed E-state index contributed by atoms with van der Waals surface area (Å²) in [5, 5.41) is 0. The van der Waals surface area contributed by atoms with Crippen molar-refractivity contribution in [1.82, 2.24) is 9.88 Å². The monoisotopic (exact) mass is 262 g/mol. The van der Waals surface area contributed by atoms with Crippen molar-refractivity contribution in [2.24, 2.45) is 5.92 Å². The summed E-state index contributed by atoms with van der Waals surface area (Å²) in [4.78, 5) is 18.2. The number of rotatable bonds is 5. The third-order valence-electron chi connectivity index (χ3n) is 3.56. The second-order valence-corrected chi connectivity index (χ2v) is 5.00. The van der Waals surface area contributed by atoms with E-state index in [4.69, 9.17) is 4.74 Å². The number of carbonyl (C=O) groups is 1. The Morgan fingerprint density at radius 2 is 2.47 bits per heavy atom. The number of piperidine rings is 1. The lowest BCUT2D eigenvalue weighted by atomic mass is 9.98. The molecule has 2 heterocycles. The maximum Gasteiger partial charge on any atom is 0.310 e. The first-order valence-electron chi connectivity index (χ1n) is 7.07. The number of hydrogen-bond donors (Lipinski definition) is 0. The van der Waals surface area contributed by atoms with Gasteiger partial charge in [0.25, 0.3) is 0 Å². The maximum absolute atomic E-state index is 11.8. The summed E-state index contributed by atoms with van der Waals surface area (Å²) >= 11 is 0. The zero-order valence-electron chi connectivity index (χ0n) is 11.5. The molecular weight excluding hydrogens is 240 g/mol. The van der Waals surface area contributed by atoms with Gasteiger partial charge in [-0.2, -0.15) is 0 Å². The average Bonchev–Trinajstić information content (AvgIpc) is 2.47. The van der Waals surface area contributed by atoms with Crippen LogP contribution in [0, 0.1) is 5.92 Å². The van der Waals surface area contributed by atoms with E-state index in [9.17, 15) is 4.79 Å². The second kappa shape index (κ2) is 7.24. The fourth-order valence-corrected chi connectivity index (χ4v) is 2.54. The number of likely N-dealkylation sites (tertiary alicyclic amines) is 1. The predicted molar refractivity (Wildman–Crippen MR) is 73.7 cm³/mol. The Morgan fingerprint density at radius 1 is 1.58 bits per heavy atom. The largest absolute Gasteiger partial charge is 0.466 e. The van der Waals surface area contributed by atoms with E-state index in [1.165, 1.54) is 5.56 Å². The van der Waals surface area contributed by atoms with Crippen LogP contribution in [0.1, 0.15) is 25.3 Å². The zero-order chi connectivity index (χ0) is 13.5. The summed E-state index contributed by atoms with van der Waals surface area (Å²) in [6.07, 6.45) is 6.73. The number of aromatic nitrogens is 1. The van der Waals surface area contributed by atoms with Gasteiger partial charge in [0.05, 0.1) is 12.5 Å². The SMILES string of the molecule is CCOC(=O)[C@@H]1CCCN(CCc2cccnc2)C1. The third-order valence-corrected chi connectivity index (χ3v) is 3.56. The molecule has 2 rings (SSSR count). The van der Waals surface area contributed by atoms with Gasteiger partial charge in [-0.25, -0.2) is 0 Å². The fourth-order valence-electron chi connectivity index (χ4n) is 2.54. The normalized spacial score (nSPS) is 20.2. The summed E-state index contributed by atoms with van der Waals surface area (Å²) in [5.41, 5.74) is 1.25. The van der Waals surface area contributed by atoms with E-state index >= 15 is 0 Å². The van der Waals surface area contributed by atoms with Crippen LogP contribution in [-0.2, 0) is 16.0 Å². The highest BCUT2D eigenvalue weighted by Crippen LogP contribution is 2.18. The first-order valence-corrected chi connectivity index (χ1v) is 7.07. The average molecular weight is 262 g/mol. The van der Waals surface area contributed by atoms with Crippen LogP contribution in [0.15, 0.2) is 24.5 Å². The molecule has 1 saturated heterocycles. The van der Waals surface area contributed by atoms with Gasteiger partial charge < -0.3 is 9.64 Å². The van der Waals surface area contributed by atoms with Crippen molar-refractivity contribution in [3.8, 4) is 0 Å². The lowest BCUT2D eigenvalue weighted by Gasteiger charge is -2.31. The Hall–Kier alpha value is -1.42. The van der Waals surface area contributed by atoms with E-state index in [-0.39, 0.29) is 11.9 Å². The van der Waals surface area contributed by atoms with Crippen LogP contribution in [-0.4, -0.2) is 42.1 Å². The van der Waals surface area contributed by atoms with E-state index in [0.29, 0.717) is 6.61 Å². The molecule has 1 fully saturated rings. The van der Waals surface area contributed by atoms with Gasteiger partial charge in [0.2, 0.25) is 0 Å². The molecule has 0 N–H and O–H groups in total. The molecule has 1 aromatic heterocycles. The van der Waals surface area contributed by atoms with Crippen molar-refractivity contribution in [1.29, 1.82) is 0 Å². The maximum atomic E-state index is 11.8. The fraction of sp³-hybridized carbons (Fsp3) is 0.600. The van der Waals surface area contributed by atoms with E-state index in [0.717, 1.165) is 38.9 Å². The van der Waals surface area contributed by atoms with Crippen LogP contribution in [0.4, 0.5) is 0 Å². The summed E-state index contributed by atoms with van der Waals surface area (Å²) in [7, 11) is 0. The molecule has 0 unspecified atom stereocenters. The van der Waals surface area contributed by atoms with Crippen LogP contribution in [0.3, 0.4) is 0 Å². The molecule has 0 saturated carbocycles. The molecule has 0 spiro atoms. The third kappa shape index (κ3) is 4.31. The minimum atomic E-state index is -0.0337. The Balaban J connectivity index is 1.79. The number of carbonyl (C=O) groups excluding carboxylic acids is 1. The highest BCUT2D eigenvalue weighted by Gasteiger charge is 2.26. The molecular formula is C15H22N2O2. The number of pyridine rings is 1. The van der Waals surface area contributed by atoms with Crippen LogP contribution < -0.4 is 0 Å².